The van der Waals surface area contributed by atoms with E-state index in [4.69, 9.17) is 14.2 Å². The second-order valence-corrected chi connectivity index (χ2v) is 7.24. The molecule has 2 aromatic rings. The summed E-state index contributed by atoms with van der Waals surface area (Å²) in [6, 6.07) is 9.25. The summed E-state index contributed by atoms with van der Waals surface area (Å²) in [5, 5.41) is 11.1. The largest absolute Gasteiger partial charge is 0.492 e. The maximum atomic E-state index is 11.1. The van der Waals surface area contributed by atoms with E-state index < -0.39 is 0 Å². The summed E-state index contributed by atoms with van der Waals surface area (Å²) in [7, 11) is 0. The van der Waals surface area contributed by atoms with Crippen LogP contribution in [0.1, 0.15) is 22.3 Å². The van der Waals surface area contributed by atoms with Gasteiger partial charge in [0.25, 0.3) is 5.69 Å². The molecule has 0 unspecified atom stereocenters. The van der Waals surface area contributed by atoms with Gasteiger partial charge in [0.1, 0.15) is 11.5 Å². The number of non-ortho nitro benzene ring substituents is 1. The van der Waals surface area contributed by atoms with Gasteiger partial charge in [0.15, 0.2) is 6.79 Å². The highest BCUT2D eigenvalue weighted by Crippen LogP contribution is 2.34. The van der Waals surface area contributed by atoms with E-state index in [1.54, 1.807) is 17.8 Å². The van der Waals surface area contributed by atoms with Crippen LogP contribution in [0.5, 0.6) is 11.5 Å². The van der Waals surface area contributed by atoms with Crippen molar-refractivity contribution < 1.29 is 19.1 Å². The molecular formula is C19H21NO5S. The number of ether oxygens (including phenoxy) is 3. The van der Waals surface area contributed by atoms with E-state index in [2.05, 4.69) is 6.07 Å². The molecule has 0 N–H and O–H groups in total. The van der Waals surface area contributed by atoms with Crippen LogP contribution in [0.3, 0.4) is 0 Å². The first-order valence-corrected chi connectivity index (χ1v) is 9.48. The second kappa shape index (κ2) is 8.42. The van der Waals surface area contributed by atoms with Gasteiger partial charge in [-0.1, -0.05) is 12.1 Å². The number of benzene rings is 2. The number of hydrogen-bond acceptors (Lipinski definition) is 6. The minimum Gasteiger partial charge on any atom is -0.492 e. The number of nitro benzene ring substituents is 1. The molecule has 138 valence electrons. The molecule has 3 rings (SSSR count). The van der Waals surface area contributed by atoms with E-state index in [1.165, 1.54) is 11.6 Å². The minimum absolute atomic E-state index is 0.0695. The minimum atomic E-state index is -0.382. The highest BCUT2D eigenvalue weighted by molar-refractivity contribution is 7.98. The molecule has 26 heavy (non-hydrogen) atoms. The predicted octanol–water partition coefficient (Wildman–Crippen LogP) is 4.39. The summed E-state index contributed by atoms with van der Waals surface area (Å²) in [5.74, 6) is 3.02. The smallest absolute Gasteiger partial charge is 0.270 e. The van der Waals surface area contributed by atoms with Gasteiger partial charge in [-0.15, -0.1) is 0 Å². The number of nitrogens with zero attached hydrogens (tertiary/aromatic N) is 1. The zero-order valence-corrected chi connectivity index (χ0v) is 15.6. The first-order chi connectivity index (χ1) is 12.5. The number of fused-ring (bicyclic) bond motifs is 1. The Kier molecular flexibility index (Phi) is 6.00. The van der Waals surface area contributed by atoms with Gasteiger partial charge < -0.3 is 14.2 Å². The molecule has 7 heteroatoms. The fourth-order valence-corrected chi connectivity index (χ4v) is 3.53. The van der Waals surface area contributed by atoms with Crippen LogP contribution in [0.15, 0.2) is 30.3 Å². The van der Waals surface area contributed by atoms with Crippen molar-refractivity contribution in [3.63, 3.8) is 0 Å². The third-order valence-corrected chi connectivity index (χ3v) is 5.04. The van der Waals surface area contributed by atoms with Crippen LogP contribution in [0.2, 0.25) is 0 Å². The van der Waals surface area contributed by atoms with Crippen LogP contribution in [0, 0.1) is 24.0 Å². The Balaban J connectivity index is 1.58. The third-order valence-electron chi connectivity index (χ3n) is 4.07. The van der Waals surface area contributed by atoms with E-state index in [-0.39, 0.29) is 17.4 Å². The standard InChI is InChI=1S/C19H21NO5S/c1-13-3-4-14(2)18(7-13)24-5-6-26-11-16-9-17(20(21)22)8-15-10-23-12-25-19(15)16/h3-4,7-9H,5-6,10-12H2,1-2H3. The van der Waals surface area contributed by atoms with Crippen molar-refractivity contribution in [2.75, 3.05) is 19.2 Å². The van der Waals surface area contributed by atoms with Crippen LogP contribution in [0.25, 0.3) is 0 Å². The molecule has 0 fully saturated rings. The van der Waals surface area contributed by atoms with Crippen LogP contribution < -0.4 is 9.47 Å². The first-order valence-electron chi connectivity index (χ1n) is 8.33. The second-order valence-electron chi connectivity index (χ2n) is 6.13. The number of aryl methyl sites for hydroxylation is 2. The molecule has 0 aliphatic carbocycles. The fraction of sp³-hybridized carbons (Fsp3) is 0.368. The SMILES string of the molecule is Cc1ccc(C)c(OCCSCc2cc([N+](=O)[O-])cc3c2OCOC3)c1. The molecule has 2 aromatic carbocycles. The Hall–Kier alpha value is -2.25. The van der Waals surface area contributed by atoms with Crippen molar-refractivity contribution in [1.82, 2.24) is 0 Å². The lowest BCUT2D eigenvalue weighted by molar-refractivity contribution is -0.385. The fourth-order valence-electron chi connectivity index (χ4n) is 2.75. The lowest BCUT2D eigenvalue weighted by atomic mass is 10.1. The van der Waals surface area contributed by atoms with Gasteiger partial charge in [-0.25, -0.2) is 0 Å². The highest BCUT2D eigenvalue weighted by atomic mass is 32.2. The molecule has 0 amide bonds. The van der Waals surface area contributed by atoms with E-state index >= 15 is 0 Å². The molecule has 0 atom stereocenters. The lowest BCUT2D eigenvalue weighted by Crippen LogP contribution is -2.13. The molecule has 0 saturated heterocycles. The van der Waals surface area contributed by atoms with Gasteiger partial charge in [0, 0.05) is 34.8 Å². The van der Waals surface area contributed by atoms with Crippen molar-refractivity contribution in [2.24, 2.45) is 0 Å². The first kappa shape index (κ1) is 18.5. The van der Waals surface area contributed by atoms with E-state index in [0.29, 0.717) is 24.7 Å². The van der Waals surface area contributed by atoms with E-state index in [1.807, 2.05) is 26.0 Å². The number of nitro groups is 1. The van der Waals surface area contributed by atoms with Crippen LogP contribution >= 0.6 is 11.8 Å². The van der Waals surface area contributed by atoms with E-state index in [9.17, 15) is 10.1 Å². The summed E-state index contributed by atoms with van der Waals surface area (Å²) in [5.41, 5.74) is 3.91. The zero-order chi connectivity index (χ0) is 18.5. The summed E-state index contributed by atoms with van der Waals surface area (Å²) < 4.78 is 16.6. The van der Waals surface area contributed by atoms with Gasteiger partial charge in [0.2, 0.25) is 0 Å². The van der Waals surface area contributed by atoms with Crippen LogP contribution in [0.4, 0.5) is 5.69 Å². The monoisotopic (exact) mass is 375 g/mol. The van der Waals surface area contributed by atoms with Gasteiger partial charge in [0.05, 0.1) is 18.1 Å². The van der Waals surface area contributed by atoms with Crippen molar-refractivity contribution in [2.45, 2.75) is 26.2 Å². The molecule has 0 aromatic heterocycles. The maximum Gasteiger partial charge on any atom is 0.270 e. The predicted molar refractivity (Wildman–Crippen MR) is 101 cm³/mol. The molecular weight excluding hydrogens is 354 g/mol. The van der Waals surface area contributed by atoms with Gasteiger partial charge in [-0.2, -0.15) is 11.8 Å². The maximum absolute atomic E-state index is 11.1. The average Bonchev–Trinajstić information content (AvgIpc) is 2.63. The van der Waals surface area contributed by atoms with Gasteiger partial charge in [-0.05, 0) is 31.0 Å². The van der Waals surface area contributed by atoms with Crippen molar-refractivity contribution in [3.05, 3.63) is 62.7 Å². The van der Waals surface area contributed by atoms with Gasteiger partial charge >= 0.3 is 0 Å². The van der Waals surface area contributed by atoms with Crippen LogP contribution in [-0.2, 0) is 17.1 Å². The average molecular weight is 375 g/mol. The third kappa shape index (κ3) is 4.47. The summed E-state index contributed by atoms with van der Waals surface area (Å²) in [6.07, 6.45) is 0. The number of hydrogen-bond donors (Lipinski definition) is 0. The Labute approximate surface area is 156 Å². The number of rotatable bonds is 7. The Morgan fingerprint density at radius 1 is 1.27 bits per heavy atom. The normalized spacial score (nSPS) is 13.0. The molecule has 1 heterocycles. The molecule has 0 spiro atoms. The van der Waals surface area contributed by atoms with Gasteiger partial charge in [-0.3, -0.25) is 10.1 Å². The molecule has 0 saturated carbocycles. The Morgan fingerprint density at radius 3 is 2.92 bits per heavy atom. The zero-order valence-electron chi connectivity index (χ0n) is 14.8. The Morgan fingerprint density at radius 2 is 2.12 bits per heavy atom. The number of thioether (sulfide) groups is 1. The quantitative estimate of drug-likeness (QED) is 0.406. The highest BCUT2D eigenvalue weighted by Gasteiger charge is 2.20. The van der Waals surface area contributed by atoms with Crippen molar-refractivity contribution >= 4 is 17.4 Å². The Bertz CT molecular complexity index is 809. The van der Waals surface area contributed by atoms with E-state index in [0.717, 1.165) is 28.2 Å². The molecule has 0 bridgehead atoms. The topological polar surface area (TPSA) is 70.8 Å². The molecule has 0 radical (unpaired) electrons. The van der Waals surface area contributed by atoms with Crippen molar-refractivity contribution in [3.8, 4) is 11.5 Å². The molecule has 6 nitrogen and oxygen atoms in total. The lowest BCUT2D eigenvalue weighted by Gasteiger charge is -2.20. The van der Waals surface area contributed by atoms with Crippen LogP contribution in [-0.4, -0.2) is 24.1 Å². The van der Waals surface area contributed by atoms with Crippen molar-refractivity contribution in [1.29, 1.82) is 0 Å². The summed E-state index contributed by atoms with van der Waals surface area (Å²) >= 11 is 1.66. The summed E-state index contributed by atoms with van der Waals surface area (Å²) in [4.78, 5) is 10.7. The molecule has 1 aliphatic rings. The summed E-state index contributed by atoms with van der Waals surface area (Å²) in [6.45, 7) is 5.16. The molecule has 1 aliphatic heterocycles.